The second kappa shape index (κ2) is 4.28. The molecule has 1 aromatic heterocycles. The van der Waals surface area contributed by atoms with Crippen molar-refractivity contribution >= 4 is 0 Å². The third-order valence-corrected chi connectivity index (χ3v) is 2.35. The van der Waals surface area contributed by atoms with E-state index in [1.165, 1.54) is 36.7 Å². The Morgan fingerprint density at radius 1 is 1.19 bits per heavy atom. The summed E-state index contributed by atoms with van der Waals surface area (Å²) in [5.41, 5.74) is 1.10. The molecular weight excluding hydrogens is 209 g/mol. The molecule has 3 nitrogen and oxygen atoms in total. The van der Waals surface area contributed by atoms with Gasteiger partial charge < -0.3 is 10.1 Å². The van der Waals surface area contributed by atoms with Crippen LogP contribution in [0.5, 0.6) is 0 Å². The molecule has 0 atom stereocenters. The molecule has 0 amide bonds. The van der Waals surface area contributed by atoms with Crippen molar-refractivity contribution in [2.45, 2.75) is 6.61 Å². The van der Waals surface area contributed by atoms with Gasteiger partial charge in [0.2, 0.25) is 0 Å². The van der Waals surface area contributed by atoms with Crippen molar-refractivity contribution in [2.24, 2.45) is 0 Å². The standard InChI is InChI=1S/C12H10FNO2/c13-10-3-1-8(2-4-10)11-6-14-5-9(7-15)12(11)16/h1-6,15H,7H2,(H,14,16). The van der Waals surface area contributed by atoms with Crippen LogP contribution >= 0.6 is 0 Å². The van der Waals surface area contributed by atoms with Gasteiger partial charge in [-0.2, -0.15) is 0 Å². The molecule has 2 aromatic rings. The molecule has 82 valence electrons. The van der Waals surface area contributed by atoms with Gasteiger partial charge in [0.1, 0.15) is 5.82 Å². The van der Waals surface area contributed by atoms with Crippen LogP contribution in [-0.4, -0.2) is 10.1 Å². The maximum absolute atomic E-state index is 12.7. The monoisotopic (exact) mass is 219 g/mol. The topological polar surface area (TPSA) is 53.1 Å². The minimum absolute atomic E-state index is 0.243. The Balaban J connectivity index is 2.56. The maximum atomic E-state index is 12.7. The summed E-state index contributed by atoms with van der Waals surface area (Å²) in [5.74, 6) is -0.349. The number of rotatable bonds is 2. The first kappa shape index (κ1) is 10.6. The number of pyridine rings is 1. The van der Waals surface area contributed by atoms with Crippen LogP contribution in [0.15, 0.2) is 41.5 Å². The number of aliphatic hydroxyl groups is 1. The average Bonchev–Trinajstić information content (AvgIpc) is 2.31. The Morgan fingerprint density at radius 3 is 2.50 bits per heavy atom. The van der Waals surface area contributed by atoms with E-state index < -0.39 is 0 Å². The lowest BCUT2D eigenvalue weighted by Crippen LogP contribution is -2.11. The van der Waals surface area contributed by atoms with Crippen molar-refractivity contribution in [1.82, 2.24) is 4.98 Å². The van der Waals surface area contributed by atoms with E-state index in [1.807, 2.05) is 0 Å². The summed E-state index contributed by atoms with van der Waals surface area (Å²) in [6.07, 6.45) is 2.99. The molecule has 0 radical (unpaired) electrons. The fraction of sp³-hybridized carbons (Fsp3) is 0.0833. The lowest BCUT2D eigenvalue weighted by Gasteiger charge is -2.02. The molecule has 0 spiro atoms. The maximum Gasteiger partial charge on any atom is 0.194 e. The van der Waals surface area contributed by atoms with Crippen LogP contribution in [0.3, 0.4) is 0 Å². The summed E-state index contributed by atoms with van der Waals surface area (Å²) in [7, 11) is 0. The number of benzene rings is 1. The Kier molecular flexibility index (Phi) is 2.83. The predicted molar refractivity (Wildman–Crippen MR) is 58.4 cm³/mol. The van der Waals surface area contributed by atoms with Crippen LogP contribution in [0, 0.1) is 5.82 Å². The van der Waals surface area contributed by atoms with Gasteiger partial charge in [0.15, 0.2) is 5.43 Å². The number of aliphatic hydroxyl groups excluding tert-OH is 1. The fourth-order valence-electron chi connectivity index (χ4n) is 1.49. The molecule has 4 heteroatoms. The number of aromatic amines is 1. The summed E-state index contributed by atoms with van der Waals surface area (Å²) in [6.45, 7) is -0.315. The Hall–Kier alpha value is -1.94. The number of nitrogens with one attached hydrogen (secondary N) is 1. The van der Waals surface area contributed by atoms with E-state index in [2.05, 4.69) is 4.98 Å². The van der Waals surface area contributed by atoms with Gasteiger partial charge in [0.05, 0.1) is 6.61 Å². The zero-order valence-electron chi connectivity index (χ0n) is 8.40. The molecule has 2 N–H and O–H groups in total. The largest absolute Gasteiger partial charge is 0.391 e. The van der Waals surface area contributed by atoms with E-state index in [-0.39, 0.29) is 17.9 Å². The highest BCUT2D eigenvalue weighted by molar-refractivity contribution is 5.62. The van der Waals surface area contributed by atoms with Crippen LogP contribution in [-0.2, 0) is 6.61 Å². The summed E-state index contributed by atoms with van der Waals surface area (Å²) >= 11 is 0. The van der Waals surface area contributed by atoms with Gasteiger partial charge in [-0.3, -0.25) is 4.79 Å². The van der Waals surface area contributed by atoms with Crippen LogP contribution in [0.4, 0.5) is 4.39 Å². The molecule has 1 aromatic carbocycles. The fourth-order valence-corrected chi connectivity index (χ4v) is 1.49. The van der Waals surface area contributed by atoms with E-state index in [1.54, 1.807) is 0 Å². The Labute approximate surface area is 91.2 Å². The van der Waals surface area contributed by atoms with Gasteiger partial charge in [-0.25, -0.2) is 4.39 Å². The zero-order chi connectivity index (χ0) is 11.5. The van der Waals surface area contributed by atoms with Gasteiger partial charge in [0.25, 0.3) is 0 Å². The van der Waals surface area contributed by atoms with Gasteiger partial charge in [-0.15, -0.1) is 0 Å². The molecule has 0 saturated heterocycles. The molecule has 16 heavy (non-hydrogen) atoms. The minimum Gasteiger partial charge on any atom is -0.391 e. The highest BCUT2D eigenvalue weighted by Crippen LogP contribution is 2.15. The molecule has 0 aliphatic rings. The van der Waals surface area contributed by atoms with Gasteiger partial charge in [-0.1, -0.05) is 12.1 Å². The van der Waals surface area contributed by atoms with E-state index in [0.717, 1.165) is 0 Å². The third kappa shape index (κ3) is 1.87. The van der Waals surface area contributed by atoms with Crippen LogP contribution in [0.1, 0.15) is 5.56 Å². The number of hydrogen-bond donors (Lipinski definition) is 2. The average molecular weight is 219 g/mol. The summed E-state index contributed by atoms with van der Waals surface area (Å²) < 4.78 is 12.7. The quantitative estimate of drug-likeness (QED) is 0.807. The molecule has 0 unspecified atom stereocenters. The van der Waals surface area contributed by atoms with E-state index in [9.17, 15) is 9.18 Å². The predicted octanol–water partition coefficient (Wildman–Crippen LogP) is 1.67. The summed E-state index contributed by atoms with van der Waals surface area (Å²) in [6, 6.07) is 5.64. The van der Waals surface area contributed by atoms with Gasteiger partial charge in [0, 0.05) is 23.5 Å². The van der Waals surface area contributed by atoms with E-state index in [4.69, 9.17) is 5.11 Å². The van der Waals surface area contributed by atoms with Crippen LogP contribution < -0.4 is 5.43 Å². The second-order valence-corrected chi connectivity index (χ2v) is 3.39. The van der Waals surface area contributed by atoms with Crippen LogP contribution in [0.25, 0.3) is 11.1 Å². The molecule has 0 saturated carbocycles. The molecule has 0 bridgehead atoms. The highest BCUT2D eigenvalue weighted by Gasteiger charge is 2.06. The molecule has 2 rings (SSSR count). The van der Waals surface area contributed by atoms with Crippen molar-refractivity contribution in [1.29, 1.82) is 0 Å². The van der Waals surface area contributed by atoms with Gasteiger partial charge >= 0.3 is 0 Å². The number of halogens is 1. The molecule has 0 aliphatic carbocycles. The molecule has 0 aliphatic heterocycles. The SMILES string of the molecule is O=c1c(CO)c[nH]cc1-c1ccc(F)cc1. The first-order valence-corrected chi connectivity index (χ1v) is 4.79. The van der Waals surface area contributed by atoms with Crippen molar-refractivity contribution in [3.63, 3.8) is 0 Å². The zero-order valence-corrected chi connectivity index (χ0v) is 8.40. The van der Waals surface area contributed by atoms with E-state index >= 15 is 0 Å². The molecular formula is C12H10FNO2. The number of H-pyrrole nitrogens is 1. The van der Waals surface area contributed by atoms with Crippen molar-refractivity contribution < 1.29 is 9.50 Å². The highest BCUT2D eigenvalue weighted by atomic mass is 19.1. The Morgan fingerprint density at radius 2 is 1.88 bits per heavy atom. The number of aromatic nitrogens is 1. The van der Waals surface area contributed by atoms with Crippen molar-refractivity contribution in [3.05, 3.63) is 58.3 Å². The van der Waals surface area contributed by atoms with E-state index in [0.29, 0.717) is 16.7 Å². The first-order chi connectivity index (χ1) is 7.72. The Bertz CT molecular complexity index is 546. The van der Waals surface area contributed by atoms with Crippen molar-refractivity contribution in [2.75, 3.05) is 0 Å². The van der Waals surface area contributed by atoms with Crippen molar-refractivity contribution in [3.8, 4) is 11.1 Å². The molecule has 1 heterocycles. The summed E-state index contributed by atoms with van der Waals surface area (Å²) in [5, 5.41) is 8.95. The minimum atomic E-state index is -0.349. The van der Waals surface area contributed by atoms with Crippen LogP contribution in [0.2, 0.25) is 0 Å². The van der Waals surface area contributed by atoms with Gasteiger partial charge in [-0.05, 0) is 17.7 Å². The molecule has 0 fully saturated rings. The normalized spacial score (nSPS) is 10.4. The lowest BCUT2D eigenvalue weighted by molar-refractivity contribution is 0.280. The first-order valence-electron chi connectivity index (χ1n) is 4.79. The summed E-state index contributed by atoms with van der Waals surface area (Å²) in [4.78, 5) is 14.6. The smallest absolute Gasteiger partial charge is 0.194 e. The number of hydrogen-bond acceptors (Lipinski definition) is 2. The second-order valence-electron chi connectivity index (χ2n) is 3.39. The lowest BCUT2D eigenvalue weighted by atomic mass is 10.1. The third-order valence-electron chi connectivity index (χ3n) is 2.35.